The molecule has 1 aromatic rings. The minimum Gasteiger partial charge on any atom is -0.366 e. The molecule has 106 valence electrons. The van der Waals surface area contributed by atoms with Crippen molar-refractivity contribution in [3.05, 3.63) is 33.9 Å². The molecule has 1 aromatic carbocycles. The lowest BCUT2D eigenvalue weighted by Gasteiger charge is -2.31. The van der Waals surface area contributed by atoms with E-state index in [2.05, 4.69) is 0 Å². The zero-order chi connectivity index (χ0) is 14.7. The highest BCUT2D eigenvalue weighted by molar-refractivity contribution is 5.94. The molecule has 1 fully saturated rings. The quantitative estimate of drug-likeness (QED) is 0.504. The SMILES string of the molecule is NC(=O)c1ccc(N2CCC(C=O)CC2)c([N+](=O)[O-])c1. The van der Waals surface area contributed by atoms with E-state index in [4.69, 9.17) is 5.73 Å². The van der Waals surface area contributed by atoms with Crippen LogP contribution in [0.5, 0.6) is 0 Å². The van der Waals surface area contributed by atoms with Crippen molar-refractivity contribution < 1.29 is 14.5 Å². The van der Waals surface area contributed by atoms with Gasteiger partial charge in [0, 0.05) is 30.6 Å². The summed E-state index contributed by atoms with van der Waals surface area (Å²) in [4.78, 5) is 34.3. The van der Waals surface area contributed by atoms with E-state index in [9.17, 15) is 19.7 Å². The Hall–Kier alpha value is -2.44. The zero-order valence-electron chi connectivity index (χ0n) is 10.8. The summed E-state index contributed by atoms with van der Waals surface area (Å²) in [6.07, 6.45) is 2.29. The van der Waals surface area contributed by atoms with E-state index < -0.39 is 10.8 Å². The maximum Gasteiger partial charge on any atom is 0.293 e. The van der Waals surface area contributed by atoms with Gasteiger partial charge in [0.1, 0.15) is 12.0 Å². The Morgan fingerprint density at radius 2 is 2.05 bits per heavy atom. The molecular formula is C13H15N3O4. The fourth-order valence-electron chi connectivity index (χ4n) is 2.37. The van der Waals surface area contributed by atoms with E-state index in [1.54, 1.807) is 6.07 Å². The van der Waals surface area contributed by atoms with E-state index in [1.807, 2.05) is 4.90 Å². The van der Waals surface area contributed by atoms with Gasteiger partial charge in [-0.3, -0.25) is 14.9 Å². The van der Waals surface area contributed by atoms with Crippen LogP contribution in [-0.2, 0) is 4.79 Å². The number of nitro benzene ring substituents is 1. The molecule has 1 aliphatic rings. The number of nitrogens with zero attached hydrogens (tertiary/aromatic N) is 2. The first kappa shape index (κ1) is 14.0. The van der Waals surface area contributed by atoms with Crippen molar-refractivity contribution in [1.29, 1.82) is 0 Å². The maximum absolute atomic E-state index is 11.1. The fourth-order valence-corrected chi connectivity index (χ4v) is 2.37. The Bertz CT molecular complexity index is 551. The number of primary amides is 1. The number of amides is 1. The molecule has 0 spiro atoms. The van der Waals surface area contributed by atoms with Crippen molar-refractivity contribution in [2.75, 3.05) is 18.0 Å². The second-order valence-corrected chi connectivity index (χ2v) is 4.79. The van der Waals surface area contributed by atoms with Gasteiger partial charge in [0.2, 0.25) is 5.91 Å². The average Bonchev–Trinajstić information content (AvgIpc) is 2.46. The number of hydrogen-bond donors (Lipinski definition) is 1. The predicted octanol–water partition coefficient (Wildman–Crippen LogP) is 1.11. The Kier molecular flexibility index (Phi) is 3.97. The van der Waals surface area contributed by atoms with Crippen LogP contribution in [0.1, 0.15) is 23.2 Å². The molecule has 0 bridgehead atoms. The molecule has 1 saturated heterocycles. The number of nitrogens with two attached hydrogens (primary N) is 1. The molecule has 7 heteroatoms. The monoisotopic (exact) mass is 277 g/mol. The van der Waals surface area contributed by atoms with Crippen LogP contribution in [0.15, 0.2) is 18.2 Å². The number of piperidine rings is 1. The molecule has 0 unspecified atom stereocenters. The lowest BCUT2D eigenvalue weighted by molar-refractivity contribution is -0.384. The number of nitro groups is 1. The fraction of sp³-hybridized carbons (Fsp3) is 0.385. The van der Waals surface area contributed by atoms with E-state index in [0.717, 1.165) is 6.29 Å². The van der Waals surface area contributed by atoms with Crippen LogP contribution in [0.4, 0.5) is 11.4 Å². The number of anilines is 1. The smallest absolute Gasteiger partial charge is 0.293 e. The van der Waals surface area contributed by atoms with Gasteiger partial charge < -0.3 is 15.4 Å². The van der Waals surface area contributed by atoms with Crippen molar-refractivity contribution in [3.8, 4) is 0 Å². The Balaban J connectivity index is 2.29. The van der Waals surface area contributed by atoms with Crippen LogP contribution in [0.2, 0.25) is 0 Å². The third kappa shape index (κ3) is 2.76. The molecular weight excluding hydrogens is 262 g/mol. The molecule has 1 aliphatic heterocycles. The summed E-state index contributed by atoms with van der Waals surface area (Å²) in [6.45, 7) is 1.17. The Morgan fingerprint density at radius 3 is 2.55 bits per heavy atom. The third-order valence-electron chi connectivity index (χ3n) is 3.53. The molecule has 0 aliphatic carbocycles. The van der Waals surface area contributed by atoms with Crippen molar-refractivity contribution in [2.24, 2.45) is 11.7 Å². The second-order valence-electron chi connectivity index (χ2n) is 4.79. The van der Waals surface area contributed by atoms with E-state index in [-0.39, 0.29) is 17.2 Å². The molecule has 0 saturated carbocycles. The number of rotatable bonds is 4. The van der Waals surface area contributed by atoms with Crippen molar-refractivity contribution in [2.45, 2.75) is 12.8 Å². The average molecular weight is 277 g/mol. The molecule has 0 atom stereocenters. The lowest BCUT2D eigenvalue weighted by atomic mass is 9.98. The zero-order valence-corrected chi connectivity index (χ0v) is 10.8. The first-order valence-electron chi connectivity index (χ1n) is 6.31. The summed E-state index contributed by atoms with van der Waals surface area (Å²) < 4.78 is 0. The maximum atomic E-state index is 11.1. The van der Waals surface area contributed by atoms with Gasteiger partial charge in [-0.25, -0.2) is 0 Å². The van der Waals surface area contributed by atoms with Crippen molar-refractivity contribution in [3.63, 3.8) is 0 Å². The highest BCUT2D eigenvalue weighted by Gasteiger charge is 2.25. The molecule has 7 nitrogen and oxygen atoms in total. The van der Waals surface area contributed by atoms with Gasteiger partial charge in [-0.2, -0.15) is 0 Å². The standard InChI is InChI=1S/C13H15N3O4/c14-13(18)10-1-2-11(12(7-10)16(19)20)15-5-3-9(8-17)4-6-15/h1-2,7-9H,3-6H2,(H2,14,18). The number of carbonyl (C=O) groups excluding carboxylic acids is 2. The molecule has 0 aromatic heterocycles. The van der Waals surface area contributed by atoms with Gasteiger partial charge in [0.15, 0.2) is 0 Å². The van der Waals surface area contributed by atoms with Gasteiger partial charge in [0.25, 0.3) is 5.69 Å². The number of carbonyl (C=O) groups is 2. The van der Waals surface area contributed by atoms with Crippen LogP contribution in [0.25, 0.3) is 0 Å². The van der Waals surface area contributed by atoms with Crippen LogP contribution < -0.4 is 10.6 Å². The van der Waals surface area contributed by atoms with E-state index in [1.165, 1.54) is 12.1 Å². The summed E-state index contributed by atoms with van der Waals surface area (Å²) in [5.74, 6) is -0.672. The molecule has 2 rings (SSSR count). The highest BCUT2D eigenvalue weighted by Crippen LogP contribution is 2.31. The normalized spacial score (nSPS) is 15.9. The summed E-state index contributed by atoms with van der Waals surface area (Å²) in [5, 5.41) is 11.1. The van der Waals surface area contributed by atoms with Gasteiger partial charge in [-0.05, 0) is 25.0 Å². The van der Waals surface area contributed by atoms with E-state index >= 15 is 0 Å². The van der Waals surface area contributed by atoms with Gasteiger partial charge in [0.05, 0.1) is 4.92 Å². The lowest BCUT2D eigenvalue weighted by Crippen LogP contribution is -2.34. The van der Waals surface area contributed by atoms with E-state index in [0.29, 0.717) is 31.6 Å². The predicted molar refractivity (Wildman–Crippen MR) is 72.6 cm³/mol. The van der Waals surface area contributed by atoms with Crippen LogP contribution >= 0.6 is 0 Å². The number of benzene rings is 1. The van der Waals surface area contributed by atoms with Crippen LogP contribution in [0.3, 0.4) is 0 Å². The second kappa shape index (κ2) is 5.68. The summed E-state index contributed by atoms with van der Waals surface area (Å²) in [5.41, 5.74) is 5.58. The summed E-state index contributed by atoms with van der Waals surface area (Å²) >= 11 is 0. The minimum atomic E-state index is -0.695. The van der Waals surface area contributed by atoms with Gasteiger partial charge in [-0.1, -0.05) is 0 Å². The first-order chi connectivity index (χ1) is 9.52. The highest BCUT2D eigenvalue weighted by atomic mass is 16.6. The summed E-state index contributed by atoms with van der Waals surface area (Å²) in [7, 11) is 0. The molecule has 2 N–H and O–H groups in total. The van der Waals surface area contributed by atoms with Gasteiger partial charge in [-0.15, -0.1) is 0 Å². The molecule has 1 amide bonds. The molecule has 20 heavy (non-hydrogen) atoms. The van der Waals surface area contributed by atoms with Crippen molar-refractivity contribution in [1.82, 2.24) is 0 Å². The Morgan fingerprint density at radius 1 is 1.40 bits per heavy atom. The Labute approximate surface area is 115 Å². The molecule has 0 radical (unpaired) electrons. The number of hydrogen-bond acceptors (Lipinski definition) is 5. The van der Waals surface area contributed by atoms with Crippen molar-refractivity contribution >= 4 is 23.6 Å². The van der Waals surface area contributed by atoms with Crippen LogP contribution in [-0.4, -0.2) is 30.2 Å². The largest absolute Gasteiger partial charge is 0.366 e. The van der Waals surface area contributed by atoms with Gasteiger partial charge >= 0.3 is 0 Å². The minimum absolute atomic E-state index is 0.0233. The topological polar surface area (TPSA) is 107 Å². The third-order valence-corrected chi connectivity index (χ3v) is 3.53. The molecule has 1 heterocycles. The first-order valence-corrected chi connectivity index (χ1v) is 6.31. The number of aldehydes is 1. The van der Waals surface area contributed by atoms with Crippen LogP contribution in [0, 0.1) is 16.0 Å². The summed E-state index contributed by atoms with van der Waals surface area (Å²) in [6, 6.07) is 4.22.